The first-order chi connectivity index (χ1) is 10.1. The molecule has 2 fully saturated rings. The quantitative estimate of drug-likeness (QED) is 0.845. The number of fused-ring (bicyclic) bond motifs is 2. The lowest BCUT2D eigenvalue weighted by Gasteiger charge is -2.39. The van der Waals surface area contributed by atoms with Gasteiger partial charge in [0.1, 0.15) is 0 Å². The van der Waals surface area contributed by atoms with Crippen LogP contribution >= 0.6 is 11.6 Å². The standard InChI is InChI=1S/C17H20ClNO2/c1-17-9-14(11-21-17)12(6-7-19)8-16(17)20-10-13-4-2-3-5-15(13)18/h2-5,12,14,16H,6,8-11H2,1H3/t12-,14-,16+,17-/m1/s1. The molecule has 1 aromatic rings. The highest BCUT2D eigenvalue weighted by Gasteiger charge is 2.51. The Balaban J connectivity index is 1.69. The van der Waals surface area contributed by atoms with Gasteiger partial charge in [-0.05, 0) is 43.2 Å². The van der Waals surface area contributed by atoms with Crippen LogP contribution in [0.1, 0.15) is 31.7 Å². The Kier molecular flexibility index (Phi) is 4.21. The van der Waals surface area contributed by atoms with Gasteiger partial charge in [0.25, 0.3) is 0 Å². The summed E-state index contributed by atoms with van der Waals surface area (Å²) in [6.45, 7) is 3.38. The van der Waals surface area contributed by atoms with Crippen LogP contribution in [-0.4, -0.2) is 18.3 Å². The van der Waals surface area contributed by atoms with Crippen molar-refractivity contribution in [1.82, 2.24) is 0 Å². The molecule has 1 saturated heterocycles. The highest BCUT2D eigenvalue weighted by molar-refractivity contribution is 6.31. The molecule has 1 saturated carbocycles. The monoisotopic (exact) mass is 305 g/mol. The Morgan fingerprint density at radius 1 is 1.48 bits per heavy atom. The highest BCUT2D eigenvalue weighted by Crippen LogP contribution is 2.47. The van der Waals surface area contributed by atoms with Crippen molar-refractivity contribution in [2.24, 2.45) is 11.8 Å². The number of rotatable bonds is 4. The predicted octanol–water partition coefficient (Wildman–Crippen LogP) is 3.95. The summed E-state index contributed by atoms with van der Waals surface area (Å²) in [6, 6.07) is 10.1. The Hall–Kier alpha value is -1.08. The summed E-state index contributed by atoms with van der Waals surface area (Å²) in [7, 11) is 0. The molecule has 1 heterocycles. The van der Waals surface area contributed by atoms with Crippen LogP contribution in [0.3, 0.4) is 0 Å². The molecule has 1 aliphatic heterocycles. The van der Waals surface area contributed by atoms with E-state index in [-0.39, 0.29) is 11.7 Å². The van der Waals surface area contributed by atoms with Crippen LogP contribution in [0.4, 0.5) is 0 Å². The van der Waals surface area contributed by atoms with E-state index in [0.717, 1.165) is 30.0 Å². The molecule has 0 amide bonds. The molecule has 2 aliphatic rings. The van der Waals surface area contributed by atoms with Crippen molar-refractivity contribution >= 4 is 11.6 Å². The van der Waals surface area contributed by atoms with Gasteiger partial charge in [0.15, 0.2) is 0 Å². The highest BCUT2D eigenvalue weighted by atomic mass is 35.5. The fraction of sp³-hybridized carbons (Fsp3) is 0.588. The molecule has 21 heavy (non-hydrogen) atoms. The second kappa shape index (κ2) is 5.96. The van der Waals surface area contributed by atoms with Gasteiger partial charge in [-0.3, -0.25) is 0 Å². The molecule has 3 nitrogen and oxygen atoms in total. The van der Waals surface area contributed by atoms with Crippen LogP contribution in [0.15, 0.2) is 24.3 Å². The third kappa shape index (κ3) is 2.94. The maximum Gasteiger partial charge on any atom is 0.0918 e. The number of hydrogen-bond acceptors (Lipinski definition) is 3. The summed E-state index contributed by atoms with van der Waals surface area (Å²) in [5.41, 5.74) is 0.789. The minimum Gasteiger partial charge on any atom is -0.372 e. The molecule has 0 radical (unpaired) electrons. The van der Waals surface area contributed by atoms with Crippen molar-refractivity contribution in [2.45, 2.75) is 44.5 Å². The topological polar surface area (TPSA) is 42.2 Å². The molecule has 4 heteroatoms. The Morgan fingerprint density at radius 3 is 3.05 bits per heavy atom. The van der Waals surface area contributed by atoms with E-state index in [4.69, 9.17) is 26.3 Å². The summed E-state index contributed by atoms with van der Waals surface area (Å²) in [5, 5.41) is 9.72. The molecule has 112 valence electrons. The smallest absolute Gasteiger partial charge is 0.0918 e. The molecular weight excluding hydrogens is 286 g/mol. The van der Waals surface area contributed by atoms with Gasteiger partial charge in [-0.1, -0.05) is 29.8 Å². The second-order valence-electron chi connectivity index (χ2n) is 6.34. The largest absolute Gasteiger partial charge is 0.372 e. The summed E-state index contributed by atoms with van der Waals surface area (Å²) in [5.74, 6) is 0.900. The maximum absolute atomic E-state index is 8.99. The second-order valence-corrected chi connectivity index (χ2v) is 6.74. The van der Waals surface area contributed by atoms with E-state index in [1.54, 1.807) is 0 Å². The Morgan fingerprint density at radius 2 is 2.29 bits per heavy atom. The average molecular weight is 306 g/mol. The minimum absolute atomic E-state index is 0.0332. The zero-order chi connectivity index (χ0) is 14.9. The summed E-state index contributed by atoms with van der Waals surface area (Å²) in [6.07, 6.45) is 2.52. The first-order valence-corrected chi connectivity index (χ1v) is 7.86. The molecule has 3 rings (SSSR count). The van der Waals surface area contributed by atoms with E-state index in [2.05, 4.69) is 13.0 Å². The van der Waals surface area contributed by atoms with Gasteiger partial charge in [-0.15, -0.1) is 0 Å². The lowest BCUT2D eigenvalue weighted by Crippen LogP contribution is -2.45. The average Bonchev–Trinajstić information content (AvgIpc) is 2.82. The van der Waals surface area contributed by atoms with Crippen molar-refractivity contribution in [3.63, 3.8) is 0 Å². The van der Waals surface area contributed by atoms with Crippen LogP contribution in [0.2, 0.25) is 5.02 Å². The number of halogens is 1. The van der Waals surface area contributed by atoms with Gasteiger partial charge in [0.05, 0.1) is 31.0 Å². The molecular formula is C17H20ClNO2. The lowest BCUT2D eigenvalue weighted by atomic mass is 9.72. The van der Waals surface area contributed by atoms with Gasteiger partial charge in [0.2, 0.25) is 0 Å². The van der Waals surface area contributed by atoms with E-state index < -0.39 is 0 Å². The van der Waals surface area contributed by atoms with Crippen molar-refractivity contribution in [3.8, 4) is 6.07 Å². The molecule has 0 aromatic heterocycles. The fourth-order valence-corrected chi connectivity index (χ4v) is 3.79. The fourth-order valence-electron chi connectivity index (χ4n) is 3.60. The molecule has 1 aliphatic carbocycles. The van der Waals surface area contributed by atoms with E-state index in [0.29, 0.717) is 24.9 Å². The van der Waals surface area contributed by atoms with Gasteiger partial charge in [0, 0.05) is 11.4 Å². The maximum atomic E-state index is 8.99. The van der Waals surface area contributed by atoms with Crippen molar-refractivity contribution in [1.29, 1.82) is 5.26 Å². The van der Waals surface area contributed by atoms with E-state index >= 15 is 0 Å². The number of nitrogens with zero attached hydrogens (tertiary/aromatic N) is 1. The Bertz CT molecular complexity index is 556. The van der Waals surface area contributed by atoms with E-state index in [1.807, 2.05) is 24.3 Å². The minimum atomic E-state index is -0.210. The Labute approximate surface area is 130 Å². The number of nitriles is 1. The van der Waals surface area contributed by atoms with Gasteiger partial charge >= 0.3 is 0 Å². The molecule has 0 unspecified atom stereocenters. The number of hydrogen-bond donors (Lipinski definition) is 0. The van der Waals surface area contributed by atoms with Crippen LogP contribution in [0.25, 0.3) is 0 Å². The number of benzene rings is 1. The van der Waals surface area contributed by atoms with Gasteiger partial charge in [-0.2, -0.15) is 5.26 Å². The number of ether oxygens (including phenoxy) is 2. The van der Waals surface area contributed by atoms with Crippen LogP contribution in [0, 0.1) is 23.2 Å². The first kappa shape index (κ1) is 14.8. The van der Waals surface area contributed by atoms with E-state index in [9.17, 15) is 0 Å². The predicted molar refractivity (Wildman–Crippen MR) is 80.8 cm³/mol. The molecule has 0 N–H and O–H groups in total. The van der Waals surface area contributed by atoms with Crippen molar-refractivity contribution < 1.29 is 9.47 Å². The van der Waals surface area contributed by atoms with Gasteiger partial charge in [-0.25, -0.2) is 0 Å². The summed E-state index contributed by atoms with van der Waals surface area (Å²) >= 11 is 6.18. The van der Waals surface area contributed by atoms with Crippen LogP contribution < -0.4 is 0 Å². The first-order valence-electron chi connectivity index (χ1n) is 7.48. The summed E-state index contributed by atoms with van der Waals surface area (Å²) < 4.78 is 12.1. The van der Waals surface area contributed by atoms with Crippen LogP contribution in [0.5, 0.6) is 0 Å². The van der Waals surface area contributed by atoms with E-state index in [1.165, 1.54) is 0 Å². The third-order valence-electron chi connectivity index (χ3n) is 4.91. The molecule has 0 spiro atoms. The van der Waals surface area contributed by atoms with Crippen molar-refractivity contribution in [3.05, 3.63) is 34.9 Å². The third-order valence-corrected chi connectivity index (χ3v) is 5.28. The molecule has 4 atom stereocenters. The zero-order valence-electron chi connectivity index (χ0n) is 12.2. The zero-order valence-corrected chi connectivity index (χ0v) is 13.0. The molecule has 1 aromatic carbocycles. The SMILES string of the molecule is C[C@]12C[C@H](CO1)[C@H](CC#N)C[C@@H]2OCc1ccccc1Cl. The van der Waals surface area contributed by atoms with Gasteiger partial charge < -0.3 is 9.47 Å². The lowest BCUT2D eigenvalue weighted by molar-refractivity contribution is -0.124. The van der Waals surface area contributed by atoms with Crippen LogP contribution in [-0.2, 0) is 16.1 Å². The molecule has 2 bridgehead atoms. The summed E-state index contributed by atoms with van der Waals surface area (Å²) in [4.78, 5) is 0. The van der Waals surface area contributed by atoms with Crippen molar-refractivity contribution in [2.75, 3.05) is 6.61 Å². The normalized spacial score (nSPS) is 34.6.